The van der Waals surface area contributed by atoms with Crippen LogP contribution < -0.4 is 4.90 Å². The Labute approximate surface area is 151 Å². The summed E-state index contributed by atoms with van der Waals surface area (Å²) in [7, 11) is 0. The lowest BCUT2D eigenvalue weighted by Gasteiger charge is -2.36. The number of rotatable bonds is 2. The molecule has 0 bridgehead atoms. The summed E-state index contributed by atoms with van der Waals surface area (Å²) in [5.74, 6) is 3.04. The van der Waals surface area contributed by atoms with E-state index in [0.29, 0.717) is 5.92 Å². The van der Waals surface area contributed by atoms with Crippen LogP contribution in [0.1, 0.15) is 58.1 Å². The van der Waals surface area contributed by atoms with Crippen molar-refractivity contribution in [1.82, 2.24) is 0 Å². The van der Waals surface area contributed by atoms with E-state index >= 15 is 0 Å². The molecule has 1 saturated carbocycles. The van der Waals surface area contributed by atoms with Crippen molar-refractivity contribution in [3.05, 3.63) is 39.8 Å². The van der Waals surface area contributed by atoms with E-state index < -0.39 is 0 Å². The molecule has 1 nitrogen and oxygen atoms in total. The van der Waals surface area contributed by atoms with Crippen molar-refractivity contribution in [3.8, 4) is 0 Å². The van der Waals surface area contributed by atoms with Gasteiger partial charge in [-0.1, -0.05) is 37.6 Å². The normalized spacial score (nSPS) is 35.4. The van der Waals surface area contributed by atoms with E-state index in [1.807, 2.05) is 0 Å². The molecule has 24 heavy (non-hydrogen) atoms. The molecule has 3 aliphatic rings. The SMILES string of the molecule is CCN1CCCc2cccc(C3C(C)C(C)C4C(C)=C(C)SC43)c21. The van der Waals surface area contributed by atoms with Crippen LogP contribution in [0.25, 0.3) is 0 Å². The first-order valence-corrected chi connectivity index (χ1v) is 10.6. The first kappa shape index (κ1) is 16.6. The van der Waals surface area contributed by atoms with Gasteiger partial charge in [0.25, 0.3) is 0 Å². The summed E-state index contributed by atoms with van der Waals surface area (Å²) in [5.41, 5.74) is 6.51. The van der Waals surface area contributed by atoms with Gasteiger partial charge in [0.1, 0.15) is 0 Å². The number of allylic oxidation sites excluding steroid dienone is 2. The van der Waals surface area contributed by atoms with Crippen molar-refractivity contribution in [2.75, 3.05) is 18.0 Å². The summed E-state index contributed by atoms with van der Waals surface area (Å²) < 4.78 is 0. The molecule has 1 fully saturated rings. The van der Waals surface area contributed by atoms with Crippen LogP contribution in [0.5, 0.6) is 0 Å². The standard InChI is InChI=1S/C22H31NS/c1-6-23-12-8-10-17-9-7-11-18(21(17)23)20-14(3)13(2)19-15(4)16(5)24-22(19)20/h7,9,11,13-14,19-20,22H,6,8,10,12H2,1-5H3. The Hall–Kier alpha value is -0.890. The maximum absolute atomic E-state index is 2.64. The zero-order chi connectivity index (χ0) is 17.0. The molecule has 130 valence electrons. The maximum Gasteiger partial charge on any atom is 0.0434 e. The van der Waals surface area contributed by atoms with E-state index in [1.165, 1.54) is 19.4 Å². The average Bonchev–Trinajstić information content (AvgIpc) is 3.01. The molecule has 2 aliphatic heterocycles. The van der Waals surface area contributed by atoms with Crippen molar-refractivity contribution in [2.45, 2.75) is 58.6 Å². The first-order valence-electron chi connectivity index (χ1n) is 9.75. The second-order valence-electron chi connectivity index (χ2n) is 8.13. The largest absolute Gasteiger partial charge is 0.371 e. The van der Waals surface area contributed by atoms with Crippen LogP contribution in [-0.4, -0.2) is 18.3 Å². The highest BCUT2D eigenvalue weighted by atomic mass is 32.2. The zero-order valence-electron chi connectivity index (χ0n) is 15.8. The Kier molecular flexibility index (Phi) is 4.23. The number of anilines is 1. The monoisotopic (exact) mass is 341 g/mol. The van der Waals surface area contributed by atoms with Gasteiger partial charge in [-0.2, -0.15) is 0 Å². The predicted molar refractivity (Wildman–Crippen MR) is 107 cm³/mol. The number of aryl methyl sites for hydroxylation is 1. The quantitative estimate of drug-likeness (QED) is 0.663. The molecule has 0 aromatic heterocycles. The molecule has 4 rings (SSSR count). The van der Waals surface area contributed by atoms with Gasteiger partial charge in [0.15, 0.2) is 0 Å². The van der Waals surface area contributed by atoms with Gasteiger partial charge in [-0.25, -0.2) is 0 Å². The Morgan fingerprint density at radius 2 is 1.88 bits per heavy atom. The van der Waals surface area contributed by atoms with Crippen LogP contribution in [0.4, 0.5) is 5.69 Å². The van der Waals surface area contributed by atoms with Gasteiger partial charge in [0, 0.05) is 29.9 Å². The molecule has 0 saturated heterocycles. The van der Waals surface area contributed by atoms with Gasteiger partial charge < -0.3 is 4.90 Å². The molecule has 5 unspecified atom stereocenters. The minimum atomic E-state index is 0.699. The number of hydrogen-bond acceptors (Lipinski definition) is 2. The highest BCUT2D eigenvalue weighted by Crippen LogP contribution is 2.61. The molecular formula is C22H31NS. The summed E-state index contributed by atoms with van der Waals surface area (Å²) in [6.07, 6.45) is 2.56. The second kappa shape index (κ2) is 6.12. The van der Waals surface area contributed by atoms with Crippen molar-refractivity contribution in [1.29, 1.82) is 0 Å². The molecule has 2 heteroatoms. The molecule has 1 aromatic carbocycles. The summed E-state index contributed by atoms with van der Waals surface area (Å²) >= 11 is 2.18. The summed E-state index contributed by atoms with van der Waals surface area (Å²) in [6, 6.07) is 7.15. The first-order chi connectivity index (χ1) is 11.5. The number of para-hydroxylation sites is 1. The topological polar surface area (TPSA) is 3.24 Å². The van der Waals surface area contributed by atoms with Crippen molar-refractivity contribution < 1.29 is 0 Å². The lowest BCUT2D eigenvalue weighted by atomic mass is 9.83. The fourth-order valence-electron chi connectivity index (χ4n) is 5.61. The minimum Gasteiger partial charge on any atom is -0.371 e. The highest BCUT2D eigenvalue weighted by Gasteiger charge is 2.51. The zero-order valence-corrected chi connectivity index (χ0v) is 16.6. The number of fused-ring (bicyclic) bond motifs is 2. The molecular weight excluding hydrogens is 310 g/mol. The maximum atomic E-state index is 2.64. The van der Waals surface area contributed by atoms with Crippen LogP contribution in [0.15, 0.2) is 28.7 Å². The smallest absolute Gasteiger partial charge is 0.0434 e. The van der Waals surface area contributed by atoms with Crippen LogP contribution in [0.2, 0.25) is 0 Å². The van der Waals surface area contributed by atoms with Gasteiger partial charge in [0.2, 0.25) is 0 Å². The molecule has 2 heterocycles. The van der Waals surface area contributed by atoms with Crippen LogP contribution in [0, 0.1) is 17.8 Å². The number of thioether (sulfide) groups is 1. The summed E-state index contributed by atoms with van der Waals surface area (Å²) in [5, 5.41) is 0.752. The summed E-state index contributed by atoms with van der Waals surface area (Å²) in [4.78, 5) is 4.23. The fourth-order valence-corrected chi connectivity index (χ4v) is 7.48. The summed E-state index contributed by atoms with van der Waals surface area (Å²) in [6.45, 7) is 14.4. The van der Waals surface area contributed by atoms with Crippen LogP contribution >= 0.6 is 11.8 Å². The number of hydrogen-bond donors (Lipinski definition) is 0. The molecule has 1 aromatic rings. The lowest BCUT2D eigenvalue weighted by Crippen LogP contribution is -2.31. The van der Waals surface area contributed by atoms with E-state index in [4.69, 9.17) is 0 Å². The predicted octanol–water partition coefficient (Wildman–Crippen LogP) is 5.85. The van der Waals surface area contributed by atoms with Crippen molar-refractivity contribution in [3.63, 3.8) is 0 Å². The third kappa shape index (κ3) is 2.29. The Bertz CT molecular complexity index is 677. The molecule has 0 N–H and O–H groups in total. The Morgan fingerprint density at radius 1 is 1.12 bits per heavy atom. The molecule has 0 radical (unpaired) electrons. The van der Waals surface area contributed by atoms with Gasteiger partial charge in [-0.3, -0.25) is 0 Å². The Balaban J connectivity index is 1.80. The fraction of sp³-hybridized carbons (Fsp3) is 0.636. The van der Waals surface area contributed by atoms with Crippen LogP contribution in [-0.2, 0) is 6.42 Å². The van der Waals surface area contributed by atoms with Gasteiger partial charge in [0.05, 0.1) is 0 Å². The lowest BCUT2D eigenvalue weighted by molar-refractivity contribution is 0.381. The van der Waals surface area contributed by atoms with Gasteiger partial charge in [-0.05, 0) is 67.4 Å². The third-order valence-corrected chi connectivity index (χ3v) is 8.65. The Morgan fingerprint density at radius 3 is 2.62 bits per heavy atom. The molecule has 5 atom stereocenters. The molecule has 0 amide bonds. The number of nitrogens with zero attached hydrogens (tertiary/aromatic N) is 1. The minimum absolute atomic E-state index is 0.699. The second-order valence-corrected chi connectivity index (χ2v) is 9.52. The van der Waals surface area contributed by atoms with Crippen molar-refractivity contribution in [2.24, 2.45) is 17.8 Å². The van der Waals surface area contributed by atoms with Crippen LogP contribution in [0.3, 0.4) is 0 Å². The van der Waals surface area contributed by atoms with Gasteiger partial charge >= 0.3 is 0 Å². The van der Waals surface area contributed by atoms with E-state index in [-0.39, 0.29) is 0 Å². The van der Waals surface area contributed by atoms with E-state index in [2.05, 4.69) is 69.5 Å². The number of benzene rings is 1. The third-order valence-electron chi connectivity index (χ3n) is 7.12. The van der Waals surface area contributed by atoms with Crippen molar-refractivity contribution >= 4 is 17.4 Å². The van der Waals surface area contributed by atoms with E-state index in [0.717, 1.165) is 29.5 Å². The van der Waals surface area contributed by atoms with E-state index in [1.54, 1.807) is 27.3 Å². The molecule has 1 aliphatic carbocycles. The average molecular weight is 342 g/mol. The van der Waals surface area contributed by atoms with Gasteiger partial charge in [-0.15, -0.1) is 11.8 Å². The highest BCUT2D eigenvalue weighted by molar-refractivity contribution is 8.04. The molecule has 0 spiro atoms. The van der Waals surface area contributed by atoms with E-state index in [9.17, 15) is 0 Å².